The average molecular weight is 302 g/mol. The first-order valence-electron chi connectivity index (χ1n) is 6.42. The molecule has 21 heavy (non-hydrogen) atoms. The topological polar surface area (TPSA) is 68.7 Å². The summed E-state index contributed by atoms with van der Waals surface area (Å²) in [4.78, 5) is 18.1. The van der Waals surface area contributed by atoms with Crippen LogP contribution in [0.1, 0.15) is 5.56 Å². The second-order valence-corrected chi connectivity index (χ2v) is 5.05. The van der Waals surface area contributed by atoms with Gasteiger partial charge in [-0.1, -0.05) is 0 Å². The zero-order valence-electron chi connectivity index (χ0n) is 10.9. The van der Waals surface area contributed by atoms with E-state index in [9.17, 15) is 18.0 Å². The lowest BCUT2D eigenvalue weighted by atomic mass is 10.1. The highest BCUT2D eigenvalue weighted by molar-refractivity contribution is 5.71. The lowest BCUT2D eigenvalue weighted by Gasteiger charge is -2.44. The molecule has 1 amide bonds. The molecule has 0 bridgehead atoms. The summed E-state index contributed by atoms with van der Waals surface area (Å²) in [7, 11) is 0. The Morgan fingerprint density at radius 2 is 2.19 bits per heavy atom. The molecule has 2 aliphatic rings. The minimum atomic E-state index is -4.43. The van der Waals surface area contributed by atoms with Crippen molar-refractivity contribution in [3.63, 3.8) is 0 Å². The largest absolute Gasteiger partial charge is 0.465 e. The number of carbonyl (C=O) groups is 1. The Hall–Kier alpha value is -2.19. The predicted octanol–water partition coefficient (Wildman–Crippen LogP) is 1.69. The van der Waals surface area contributed by atoms with E-state index >= 15 is 0 Å². The molecule has 0 unspecified atom stereocenters. The first-order valence-corrected chi connectivity index (χ1v) is 6.42. The summed E-state index contributed by atoms with van der Waals surface area (Å²) in [5, 5.41) is 11.9. The van der Waals surface area contributed by atoms with Crippen molar-refractivity contribution in [1.82, 2.24) is 9.88 Å². The highest BCUT2D eigenvalue weighted by Gasteiger charge is 2.37. The van der Waals surface area contributed by atoms with E-state index in [1.165, 1.54) is 4.90 Å². The Kier molecular flexibility index (Phi) is 3.07. The fourth-order valence-electron chi connectivity index (χ4n) is 2.68. The van der Waals surface area contributed by atoms with E-state index in [0.29, 0.717) is 37.7 Å². The average Bonchev–Trinajstić information content (AvgIpc) is 2.44. The maximum atomic E-state index is 12.7. The Balaban J connectivity index is 1.86. The summed E-state index contributed by atoms with van der Waals surface area (Å²) < 4.78 is 38.0. The standard InChI is InChI=1S/C12H13F3N4O2/c13-12(14,15)7-3-9-10(17-4-7)19-2-1-18(11(20)21)6-8(19)5-16-9/h3-4,8,16H,1-2,5-6H2,(H,20,21)/t8-/m0/s1. The SMILES string of the molecule is O=C(O)N1CCN2c3ncc(C(F)(F)F)cc3NC[C@H]2C1. The van der Waals surface area contributed by atoms with E-state index in [2.05, 4.69) is 10.3 Å². The quantitative estimate of drug-likeness (QED) is 0.763. The number of anilines is 2. The van der Waals surface area contributed by atoms with Gasteiger partial charge in [-0.15, -0.1) is 0 Å². The van der Waals surface area contributed by atoms with E-state index < -0.39 is 17.8 Å². The van der Waals surface area contributed by atoms with Crippen LogP contribution in [0.25, 0.3) is 0 Å². The molecule has 114 valence electrons. The van der Waals surface area contributed by atoms with Crippen LogP contribution in [0.3, 0.4) is 0 Å². The molecule has 9 heteroatoms. The number of rotatable bonds is 0. The number of hydrogen-bond donors (Lipinski definition) is 2. The van der Waals surface area contributed by atoms with Crippen LogP contribution in [0.2, 0.25) is 0 Å². The third-order valence-corrected chi connectivity index (χ3v) is 3.75. The molecule has 0 spiro atoms. The van der Waals surface area contributed by atoms with Crippen molar-refractivity contribution >= 4 is 17.6 Å². The molecule has 1 aromatic rings. The van der Waals surface area contributed by atoms with Gasteiger partial charge < -0.3 is 20.2 Å². The fourth-order valence-corrected chi connectivity index (χ4v) is 2.68. The lowest BCUT2D eigenvalue weighted by Crippen LogP contribution is -2.59. The van der Waals surface area contributed by atoms with Crippen LogP contribution in [-0.4, -0.2) is 53.3 Å². The molecule has 0 aromatic carbocycles. The minimum Gasteiger partial charge on any atom is -0.465 e. The molecule has 3 rings (SSSR count). The van der Waals surface area contributed by atoms with Gasteiger partial charge in [0.25, 0.3) is 0 Å². The van der Waals surface area contributed by atoms with E-state index in [1.807, 2.05) is 4.90 Å². The summed E-state index contributed by atoms with van der Waals surface area (Å²) in [5.74, 6) is 0.448. The highest BCUT2D eigenvalue weighted by Crippen LogP contribution is 2.36. The van der Waals surface area contributed by atoms with Crippen LogP contribution in [0.15, 0.2) is 12.3 Å². The monoisotopic (exact) mass is 302 g/mol. The number of halogens is 3. The Morgan fingerprint density at radius 3 is 2.86 bits per heavy atom. The highest BCUT2D eigenvalue weighted by atomic mass is 19.4. The normalized spacial score (nSPS) is 21.4. The summed E-state index contributed by atoms with van der Waals surface area (Å²) in [6.07, 6.45) is -4.60. The smallest absolute Gasteiger partial charge is 0.417 e. The minimum absolute atomic E-state index is 0.119. The van der Waals surface area contributed by atoms with Crippen LogP contribution >= 0.6 is 0 Å². The Labute approximate surface area is 118 Å². The number of pyridine rings is 1. The van der Waals surface area contributed by atoms with E-state index in [1.54, 1.807) is 0 Å². The van der Waals surface area contributed by atoms with E-state index in [-0.39, 0.29) is 6.04 Å². The molecule has 0 radical (unpaired) electrons. The van der Waals surface area contributed by atoms with E-state index in [4.69, 9.17) is 5.11 Å². The van der Waals surface area contributed by atoms with Crippen molar-refractivity contribution in [3.8, 4) is 0 Å². The van der Waals surface area contributed by atoms with Gasteiger partial charge in [0.15, 0.2) is 5.82 Å². The van der Waals surface area contributed by atoms with Gasteiger partial charge in [-0.3, -0.25) is 0 Å². The zero-order chi connectivity index (χ0) is 15.2. The molecule has 1 aromatic heterocycles. The first-order chi connectivity index (χ1) is 9.86. The molecule has 1 fully saturated rings. The molecule has 3 heterocycles. The second-order valence-electron chi connectivity index (χ2n) is 5.05. The molecular formula is C12H13F3N4O2. The van der Waals surface area contributed by atoms with Crippen molar-refractivity contribution in [1.29, 1.82) is 0 Å². The summed E-state index contributed by atoms with van der Waals surface area (Å²) >= 11 is 0. The van der Waals surface area contributed by atoms with Gasteiger partial charge in [0.2, 0.25) is 0 Å². The number of alkyl halides is 3. The van der Waals surface area contributed by atoms with Crippen LogP contribution in [0.4, 0.5) is 29.5 Å². The van der Waals surface area contributed by atoms with Gasteiger partial charge in [0, 0.05) is 32.4 Å². The van der Waals surface area contributed by atoms with Crippen molar-refractivity contribution < 1.29 is 23.1 Å². The maximum absolute atomic E-state index is 12.7. The van der Waals surface area contributed by atoms with Gasteiger partial charge in [-0.05, 0) is 6.07 Å². The van der Waals surface area contributed by atoms with Crippen LogP contribution in [-0.2, 0) is 6.18 Å². The Bertz CT molecular complexity index is 578. The number of hydrogen-bond acceptors (Lipinski definition) is 4. The fraction of sp³-hybridized carbons (Fsp3) is 0.500. The maximum Gasteiger partial charge on any atom is 0.417 e. The zero-order valence-corrected chi connectivity index (χ0v) is 10.9. The number of amides is 1. The molecule has 0 saturated carbocycles. The van der Waals surface area contributed by atoms with E-state index in [0.717, 1.165) is 12.3 Å². The van der Waals surface area contributed by atoms with Crippen molar-refractivity contribution in [2.75, 3.05) is 36.4 Å². The molecule has 1 atom stereocenters. The van der Waals surface area contributed by atoms with Gasteiger partial charge in [0.1, 0.15) is 0 Å². The van der Waals surface area contributed by atoms with Gasteiger partial charge >= 0.3 is 12.3 Å². The third kappa shape index (κ3) is 2.43. The second kappa shape index (κ2) is 4.68. The summed E-state index contributed by atoms with van der Waals surface area (Å²) in [6.45, 7) is 1.43. The molecule has 2 N–H and O–H groups in total. The van der Waals surface area contributed by atoms with Gasteiger partial charge in [0.05, 0.1) is 17.3 Å². The number of fused-ring (bicyclic) bond motifs is 3. The molecule has 1 saturated heterocycles. The van der Waals surface area contributed by atoms with Crippen LogP contribution < -0.4 is 10.2 Å². The van der Waals surface area contributed by atoms with Crippen molar-refractivity contribution in [2.45, 2.75) is 12.2 Å². The summed E-state index contributed by atoms with van der Waals surface area (Å²) in [6, 6.07) is 0.925. The Morgan fingerprint density at radius 1 is 1.43 bits per heavy atom. The molecule has 2 aliphatic heterocycles. The predicted molar refractivity (Wildman–Crippen MR) is 68.5 cm³/mol. The van der Waals surface area contributed by atoms with Gasteiger partial charge in [-0.2, -0.15) is 13.2 Å². The van der Waals surface area contributed by atoms with Crippen LogP contribution in [0, 0.1) is 0 Å². The lowest BCUT2D eigenvalue weighted by molar-refractivity contribution is -0.137. The molecular weight excluding hydrogens is 289 g/mol. The third-order valence-electron chi connectivity index (χ3n) is 3.75. The molecule has 0 aliphatic carbocycles. The van der Waals surface area contributed by atoms with Crippen molar-refractivity contribution in [2.24, 2.45) is 0 Å². The number of aromatic nitrogens is 1. The summed E-state index contributed by atoms with van der Waals surface area (Å²) in [5.41, 5.74) is -0.457. The number of piperazine rings is 1. The van der Waals surface area contributed by atoms with Crippen LogP contribution in [0.5, 0.6) is 0 Å². The number of carboxylic acid groups (broad SMARTS) is 1. The van der Waals surface area contributed by atoms with Crippen molar-refractivity contribution in [3.05, 3.63) is 17.8 Å². The first kappa shape index (κ1) is 13.8. The molecule has 6 nitrogen and oxygen atoms in total. The number of nitrogens with one attached hydrogen (secondary N) is 1. The van der Waals surface area contributed by atoms with Gasteiger partial charge in [-0.25, -0.2) is 9.78 Å². The number of nitrogens with zero attached hydrogens (tertiary/aromatic N) is 3.